The van der Waals surface area contributed by atoms with E-state index in [2.05, 4.69) is 33.9 Å². The molecule has 2 rings (SSSR count). The first-order valence-corrected chi connectivity index (χ1v) is 6.42. The lowest BCUT2D eigenvalue weighted by Gasteiger charge is -2.13. The van der Waals surface area contributed by atoms with E-state index in [1.54, 1.807) is 0 Å². The van der Waals surface area contributed by atoms with E-state index in [0.29, 0.717) is 12.0 Å². The Labute approximate surface area is 97.5 Å². The molecule has 1 unspecified atom stereocenters. The van der Waals surface area contributed by atoms with Crippen molar-refractivity contribution in [1.82, 2.24) is 20.1 Å². The van der Waals surface area contributed by atoms with Gasteiger partial charge in [-0.3, -0.25) is 0 Å². The Morgan fingerprint density at radius 2 is 2.38 bits per heavy atom. The van der Waals surface area contributed by atoms with Crippen LogP contribution in [-0.2, 0) is 6.54 Å². The highest BCUT2D eigenvalue weighted by Crippen LogP contribution is 2.38. The highest BCUT2D eigenvalue weighted by atomic mass is 15.3. The van der Waals surface area contributed by atoms with Gasteiger partial charge in [0, 0.05) is 25.0 Å². The maximum Gasteiger partial charge on any atom is 0.135 e. The Bertz CT molecular complexity index is 317. The minimum atomic E-state index is 0.617. The Morgan fingerprint density at radius 3 is 3.06 bits per heavy atom. The molecule has 1 aromatic rings. The van der Waals surface area contributed by atoms with Crippen molar-refractivity contribution in [2.75, 3.05) is 6.54 Å². The molecule has 1 fully saturated rings. The van der Waals surface area contributed by atoms with Gasteiger partial charge in [0.25, 0.3) is 0 Å². The zero-order valence-corrected chi connectivity index (χ0v) is 10.3. The number of hydrogen-bond acceptors (Lipinski definition) is 3. The van der Waals surface area contributed by atoms with Crippen LogP contribution in [0.5, 0.6) is 0 Å². The highest BCUT2D eigenvalue weighted by Gasteiger charge is 2.28. The summed E-state index contributed by atoms with van der Waals surface area (Å²) in [4.78, 5) is 0. The molecule has 0 amide bonds. The molecule has 4 nitrogen and oxygen atoms in total. The fourth-order valence-electron chi connectivity index (χ4n) is 2.06. The Kier molecular flexibility index (Phi) is 3.93. The zero-order chi connectivity index (χ0) is 11.4. The Morgan fingerprint density at radius 1 is 1.56 bits per heavy atom. The van der Waals surface area contributed by atoms with E-state index in [0.717, 1.165) is 13.1 Å². The summed E-state index contributed by atoms with van der Waals surface area (Å²) in [6.07, 6.45) is 6.93. The third-order valence-electron chi connectivity index (χ3n) is 3.16. The van der Waals surface area contributed by atoms with E-state index in [1.807, 2.05) is 6.33 Å². The van der Waals surface area contributed by atoms with Gasteiger partial charge < -0.3 is 9.88 Å². The first-order valence-electron chi connectivity index (χ1n) is 6.42. The first-order chi connectivity index (χ1) is 7.81. The molecule has 1 N–H and O–H groups in total. The molecule has 1 aliphatic rings. The molecule has 16 heavy (non-hydrogen) atoms. The molecule has 1 atom stereocenters. The molecule has 1 aromatic heterocycles. The fraction of sp³-hybridized carbons (Fsp3) is 0.833. The van der Waals surface area contributed by atoms with Crippen molar-refractivity contribution < 1.29 is 0 Å². The molecule has 0 saturated heterocycles. The summed E-state index contributed by atoms with van der Waals surface area (Å²) >= 11 is 0. The van der Waals surface area contributed by atoms with E-state index in [9.17, 15) is 0 Å². The molecule has 1 saturated carbocycles. The van der Waals surface area contributed by atoms with Crippen LogP contribution in [0.4, 0.5) is 0 Å². The van der Waals surface area contributed by atoms with Gasteiger partial charge in [-0.05, 0) is 26.2 Å². The summed E-state index contributed by atoms with van der Waals surface area (Å²) in [5, 5.41) is 11.7. The number of hydrogen-bond donors (Lipinski definition) is 1. The molecule has 0 radical (unpaired) electrons. The van der Waals surface area contributed by atoms with E-state index in [1.165, 1.54) is 31.5 Å². The third-order valence-corrected chi connectivity index (χ3v) is 3.16. The predicted molar refractivity (Wildman–Crippen MR) is 64.4 cm³/mol. The van der Waals surface area contributed by atoms with Crippen LogP contribution in [0.3, 0.4) is 0 Å². The summed E-state index contributed by atoms with van der Waals surface area (Å²) in [7, 11) is 0. The zero-order valence-electron chi connectivity index (χ0n) is 10.3. The van der Waals surface area contributed by atoms with Crippen LogP contribution >= 0.6 is 0 Å². The van der Waals surface area contributed by atoms with Crippen molar-refractivity contribution in [3.05, 3.63) is 12.2 Å². The highest BCUT2D eigenvalue weighted by molar-refractivity contribution is 5.04. The van der Waals surface area contributed by atoms with Crippen LogP contribution in [0.15, 0.2) is 6.33 Å². The second-order valence-electron chi connectivity index (χ2n) is 4.80. The van der Waals surface area contributed by atoms with Gasteiger partial charge in [-0.15, -0.1) is 10.2 Å². The lowest BCUT2D eigenvalue weighted by atomic mass is 10.2. The second kappa shape index (κ2) is 5.43. The van der Waals surface area contributed by atoms with Crippen molar-refractivity contribution in [3.8, 4) is 0 Å². The smallest absolute Gasteiger partial charge is 0.135 e. The van der Waals surface area contributed by atoms with Crippen LogP contribution < -0.4 is 5.32 Å². The lowest BCUT2D eigenvalue weighted by molar-refractivity contribution is 0.481. The SMILES string of the molecule is CCCC(C)NCCn1cnnc1C1CC1. The van der Waals surface area contributed by atoms with Crippen molar-refractivity contribution in [1.29, 1.82) is 0 Å². The van der Waals surface area contributed by atoms with E-state index in [-0.39, 0.29) is 0 Å². The van der Waals surface area contributed by atoms with Gasteiger partial charge in [-0.1, -0.05) is 13.3 Å². The minimum Gasteiger partial charge on any atom is -0.316 e. The normalized spacial score (nSPS) is 17.6. The molecular formula is C12H22N4. The number of nitrogens with one attached hydrogen (secondary N) is 1. The van der Waals surface area contributed by atoms with Gasteiger partial charge in [0.1, 0.15) is 12.2 Å². The molecule has 1 aliphatic carbocycles. The van der Waals surface area contributed by atoms with Crippen molar-refractivity contribution >= 4 is 0 Å². The maximum absolute atomic E-state index is 4.20. The molecule has 0 aliphatic heterocycles. The van der Waals surface area contributed by atoms with Gasteiger partial charge in [0.2, 0.25) is 0 Å². The summed E-state index contributed by atoms with van der Waals surface area (Å²) in [6, 6.07) is 0.617. The monoisotopic (exact) mass is 222 g/mol. The van der Waals surface area contributed by atoms with Gasteiger partial charge in [-0.2, -0.15) is 0 Å². The van der Waals surface area contributed by atoms with Gasteiger partial charge >= 0.3 is 0 Å². The summed E-state index contributed by atoms with van der Waals surface area (Å²) in [5.74, 6) is 1.88. The van der Waals surface area contributed by atoms with Gasteiger partial charge in [0.15, 0.2) is 0 Å². The van der Waals surface area contributed by atoms with Crippen LogP contribution in [0, 0.1) is 0 Å². The molecule has 4 heteroatoms. The van der Waals surface area contributed by atoms with Crippen LogP contribution in [-0.4, -0.2) is 27.4 Å². The van der Waals surface area contributed by atoms with Gasteiger partial charge in [-0.25, -0.2) is 0 Å². The van der Waals surface area contributed by atoms with Crippen LogP contribution in [0.1, 0.15) is 51.3 Å². The van der Waals surface area contributed by atoms with E-state index in [4.69, 9.17) is 0 Å². The van der Waals surface area contributed by atoms with Crippen molar-refractivity contribution in [3.63, 3.8) is 0 Å². The van der Waals surface area contributed by atoms with Crippen molar-refractivity contribution in [2.24, 2.45) is 0 Å². The number of aromatic nitrogens is 3. The first kappa shape index (κ1) is 11.6. The largest absolute Gasteiger partial charge is 0.316 e. The number of rotatable bonds is 7. The predicted octanol–water partition coefficient (Wildman–Crippen LogP) is 1.93. The molecule has 1 heterocycles. The minimum absolute atomic E-state index is 0.617. The maximum atomic E-state index is 4.20. The molecule has 0 bridgehead atoms. The summed E-state index contributed by atoms with van der Waals surface area (Å²) in [6.45, 7) is 6.48. The van der Waals surface area contributed by atoms with Crippen LogP contribution in [0.25, 0.3) is 0 Å². The molecule has 0 spiro atoms. The number of nitrogens with zero attached hydrogens (tertiary/aromatic N) is 3. The quantitative estimate of drug-likeness (QED) is 0.766. The average molecular weight is 222 g/mol. The second-order valence-corrected chi connectivity index (χ2v) is 4.80. The standard InChI is InChI=1S/C12H22N4/c1-3-4-10(2)13-7-8-16-9-14-15-12(16)11-5-6-11/h9-11,13H,3-8H2,1-2H3. The topological polar surface area (TPSA) is 42.7 Å². The molecule has 0 aromatic carbocycles. The van der Waals surface area contributed by atoms with Gasteiger partial charge in [0.05, 0.1) is 0 Å². The summed E-state index contributed by atoms with van der Waals surface area (Å²) < 4.78 is 2.20. The molecule has 90 valence electrons. The third kappa shape index (κ3) is 3.04. The Hall–Kier alpha value is -0.900. The van der Waals surface area contributed by atoms with Crippen LogP contribution in [0.2, 0.25) is 0 Å². The van der Waals surface area contributed by atoms with E-state index < -0.39 is 0 Å². The summed E-state index contributed by atoms with van der Waals surface area (Å²) in [5.41, 5.74) is 0. The van der Waals surface area contributed by atoms with Crippen molar-refractivity contribution in [2.45, 2.75) is 58.0 Å². The fourth-order valence-corrected chi connectivity index (χ4v) is 2.06. The van der Waals surface area contributed by atoms with E-state index >= 15 is 0 Å². The Balaban J connectivity index is 1.74. The average Bonchev–Trinajstić information content (AvgIpc) is 3.00. The molecular weight excluding hydrogens is 200 g/mol. The lowest BCUT2D eigenvalue weighted by Crippen LogP contribution is -2.29.